The van der Waals surface area contributed by atoms with E-state index in [-0.39, 0.29) is 15.1 Å². The Morgan fingerprint density at radius 1 is 1.53 bits per heavy atom. The summed E-state index contributed by atoms with van der Waals surface area (Å²) in [5.74, 6) is -1.85. The predicted octanol–water partition coefficient (Wildman–Crippen LogP) is -0.0248. The molecule has 1 atom stereocenters. The average molecular weight is 325 g/mol. The molecule has 7 nitrogen and oxygen atoms in total. The molecule has 19 heavy (non-hydrogen) atoms. The van der Waals surface area contributed by atoms with E-state index in [0.29, 0.717) is 4.31 Å². The van der Waals surface area contributed by atoms with E-state index in [9.17, 15) is 18.0 Å². The minimum absolute atomic E-state index is 0.0848. The van der Waals surface area contributed by atoms with Crippen LogP contribution in [0.1, 0.15) is 0 Å². The molecule has 1 aromatic heterocycles. The van der Waals surface area contributed by atoms with Crippen molar-refractivity contribution in [1.82, 2.24) is 9.62 Å². The van der Waals surface area contributed by atoms with Gasteiger partial charge in [0.15, 0.2) is 0 Å². The maximum atomic E-state index is 12.3. The number of nitrogens with zero attached hydrogens (tertiary/aromatic N) is 1. The highest BCUT2D eigenvalue weighted by molar-refractivity contribution is 7.91. The fraction of sp³-hybridized carbons (Fsp3) is 0.333. The number of sulfonamides is 1. The molecule has 0 radical (unpaired) electrons. The monoisotopic (exact) mass is 324 g/mol. The number of carboxylic acid groups (broad SMARTS) is 1. The van der Waals surface area contributed by atoms with Gasteiger partial charge in [0, 0.05) is 6.54 Å². The third-order valence-corrected chi connectivity index (χ3v) is 6.09. The Morgan fingerprint density at radius 3 is 2.74 bits per heavy atom. The number of rotatable bonds is 3. The third-order valence-electron chi connectivity index (χ3n) is 2.54. The van der Waals surface area contributed by atoms with Crippen LogP contribution >= 0.6 is 22.9 Å². The quantitative estimate of drug-likeness (QED) is 0.813. The maximum Gasteiger partial charge on any atom is 0.323 e. The number of carbonyl (C=O) groups excluding carboxylic acids is 1. The molecule has 0 bridgehead atoms. The predicted molar refractivity (Wildman–Crippen MR) is 67.7 cm³/mol. The first-order valence-electron chi connectivity index (χ1n) is 5.09. The molecule has 2 heterocycles. The van der Waals surface area contributed by atoms with Gasteiger partial charge in [-0.15, -0.1) is 11.3 Å². The molecule has 1 aliphatic rings. The van der Waals surface area contributed by atoms with Crippen molar-refractivity contribution >= 4 is 44.8 Å². The first-order chi connectivity index (χ1) is 8.82. The number of aliphatic carboxylic acids is 1. The molecular weight excluding hydrogens is 316 g/mol. The van der Waals surface area contributed by atoms with Crippen molar-refractivity contribution in [3.63, 3.8) is 0 Å². The van der Waals surface area contributed by atoms with Crippen LogP contribution in [-0.2, 0) is 19.6 Å². The number of thiophene rings is 1. The van der Waals surface area contributed by atoms with Crippen LogP contribution in [0, 0.1) is 0 Å². The smallest absolute Gasteiger partial charge is 0.323 e. The largest absolute Gasteiger partial charge is 0.480 e. The van der Waals surface area contributed by atoms with Crippen LogP contribution in [0.25, 0.3) is 0 Å². The zero-order valence-electron chi connectivity index (χ0n) is 9.37. The van der Waals surface area contributed by atoms with Gasteiger partial charge in [-0.3, -0.25) is 9.59 Å². The van der Waals surface area contributed by atoms with Crippen molar-refractivity contribution in [1.29, 1.82) is 0 Å². The van der Waals surface area contributed by atoms with Crippen LogP contribution in [0.5, 0.6) is 0 Å². The van der Waals surface area contributed by atoms with E-state index in [1.54, 1.807) is 0 Å². The molecule has 2 rings (SSSR count). The molecule has 0 aromatic carbocycles. The standard InChI is InChI=1S/C9H9ClN2O5S2/c10-6-1-2-8(18-6)19(16,17)12-4-7(13)11-3-5(12)9(14)15/h1-2,5H,3-4H2,(H,11,13)(H,14,15). The molecule has 1 aromatic rings. The number of halogens is 1. The van der Waals surface area contributed by atoms with E-state index < -0.39 is 34.5 Å². The zero-order chi connectivity index (χ0) is 14.2. The molecule has 1 amide bonds. The Hall–Kier alpha value is -1.16. The molecule has 0 spiro atoms. The summed E-state index contributed by atoms with van der Waals surface area (Å²) in [6.07, 6.45) is 0. The molecule has 10 heteroatoms. The van der Waals surface area contributed by atoms with Crippen LogP contribution in [0.15, 0.2) is 16.3 Å². The highest BCUT2D eigenvalue weighted by Gasteiger charge is 2.41. The second kappa shape index (κ2) is 5.08. The molecule has 1 aliphatic heterocycles. The summed E-state index contributed by atoms with van der Waals surface area (Å²) < 4.78 is 25.5. The van der Waals surface area contributed by atoms with Gasteiger partial charge in [0.1, 0.15) is 10.3 Å². The second-order valence-electron chi connectivity index (χ2n) is 3.77. The molecule has 1 saturated heterocycles. The number of carbonyl (C=O) groups is 2. The van der Waals surface area contributed by atoms with Crippen LogP contribution < -0.4 is 5.32 Å². The van der Waals surface area contributed by atoms with E-state index in [0.717, 1.165) is 11.3 Å². The van der Waals surface area contributed by atoms with Crippen molar-refractivity contribution < 1.29 is 23.1 Å². The first kappa shape index (κ1) is 14.3. The summed E-state index contributed by atoms with van der Waals surface area (Å²) >= 11 is 6.49. The summed E-state index contributed by atoms with van der Waals surface area (Å²) in [6, 6.07) is 1.37. The lowest BCUT2D eigenvalue weighted by Gasteiger charge is -2.31. The average Bonchev–Trinajstić information content (AvgIpc) is 2.76. The Labute approximate surface area is 117 Å². The van der Waals surface area contributed by atoms with Crippen molar-refractivity contribution in [3.05, 3.63) is 16.5 Å². The summed E-state index contributed by atoms with van der Waals surface area (Å²) in [4.78, 5) is 22.4. The Bertz CT molecular complexity index is 626. The van der Waals surface area contributed by atoms with Crippen molar-refractivity contribution in [2.24, 2.45) is 0 Å². The lowest BCUT2D eigenvalue weighted by Crippen LogP contribution is -2.59. The summed E-state index contributed by atoms with van der Waals surface area (Å²) in [7, 11) is -4.04. The molecule has 104 valence electrons. The van der Waals surface area contributed by atoms with Gasteiger partial charge in [-0.05, 0) is 12.1 Å². The number of nitrogens with one attached hydrogen (secondary N) is 1. The molecule has 2 N–H and O–H groups in total. The Kier molecular flexibility index (Phi) is 3.81. The fourth-order valence-electron chi connectivity index (χ4n) is 1.63. The number of carboxylic acids is 1. The molecule has 1 unspecified atom stereocenters. The molecular formula is C9H9ClN2O5S2. The highest BCUT2D eigenvalue weighted by atomic mass is 35.5. The van der Waals surface area contributed by atoms with Gasteiger partial charge in [-0.1, -0.05) is 11.6 Å². The molecule has 1 fully saturated rings. The number of piperazine rings is 1. The van der Waals surface area contributed by atoms with Crippen molar-refractivity contribution in [2.75, 3.05) is 13.1 Å². The van der Waals surface area contributed by atoms with E-state index >= 15 is 0 Å². The maximum absolute atomic E-state index is 12.3. The van der Waals surface area contributed by atoms with Crippen LogP contribution in [0.3, 0.4) is 0 Å². The van der Waals surface area contributed by atoms with Gasteiger partial charge in [-0.25, -0.2) is 8.42 Å². The topological polar surface area (TPSA) is 104 Å². The molecule has 0 saturated carbocycles. The number of hydrogen-bond acceptors (Lipinski definition) is 5. The van der Waals surface area contributed by atoms with Gasteiger partial charge in [0.25, 0.3) is 10.0 Å². The lowest BCUT2D eigenvalue weighted by atomic mass is 10.2. The highest BCUT2D eigenvalue weighted by Crippen LogP contribution is 2.29. The minimum atomic E-state index is -4.04. The van der Waals surface area contributed by atoms with E-state index in [1.165, 1.54) is 12.1 Å². The Morgan fingerprint density at radius 2 is 2.21 bits per heavy atom. The lowest BCUT2D eigenvalue weighted by molar-refractivity contribution is -0.143. The van der Waals surface area contributed by atoms with Gasteiger partial charge < -0.3 is 10.4 Å². The van der Waals surface area contributed by atoms with Gasteiger partial charge in [0.05, 0.1) is 10.9 Å². The summed E-state index contributed by atoms with van der Waals surface area (Å²) in [5.41, 5.74) is 0. The van der Waals surface area contributed by atoms with Crippen LogP contribution in [-0.4, -0.2) is 48.8 Å². The van der Waals surface area contributed by atoms with Crippen molar-refractivity contribution in [3.8, 4) is 0 Å². The van der Waals surface area contributed by atoms with E-state index in [2.05, 4.69) is 5.32 Å². The zero-order valence-corrected chi connectivity index (χ0v) is 11.8. The van der Waals surface area contributed by atoms with Crippen molar-refractivity contribution in [2.45, 2.75) is 10.3 Å². The SMILES string of the molecule is O=C1CN(S(=O)(=O)c2ccc(Cl)s2)C(C(=O)O)CN1. The van der Waals surface area contributed by atoms with E-state index in [4.69, 9.17) is 16.7 Å². The second-order valence-corrected chi connectivity index (χ2v) is 7.60. The number of amides is 1. The molecule has 0 aliphatic carbocycles. The normalized spacial score (nSPS) is 21.1. The van der Waals surface area contributed by atoms with Crippen LogP contribution in [0.4, 0.5) is 0 Å². The van der Waals surface area contributed by atoms with Gasteiger partial charge in [-0.2, -0.15) is 4.31 Å². The van der Waals surface area contributed by atoms with Gasteiger partial charge >= 0.3 is 5.97 Å². The third kappa shape index (κ3) is 2.73. The Balaban J connectivity index is 2.41. The fourth-order valence-corrected chi connectivity index (χ4v) is 4.78. The summed E-state index contributed by atoms with van der Waals surface area (Å²) in [6.45, 7) is -0.776. The van der Waals surface area contributed by atoms with Gasteiger partial charge in [0.2, 0.25) is 5.91 Å². The van der Waals surface area contributed by atoms with E-state index in [1.807, 2.05) is 0 Å². The summed E-state index contributed by atoms with van der Waals surface area (Å²) in [5, 5.41) is 11.4. The first-order valence-corrected chi connectivity index (χ1v) is 7.72. The van der Waals surface area contributed by atoms with Crippen LogP contribution in [0.2, 0.25) is 4.34 Å². The number of hydrogen-bond donors (Lipinski definition) is 2. The minimum Gasteiger partial charge on any atom is -0.480 e.